The van der Waals surface area contributed by atoms with Crippen LogP contribution in [0.3, 0.4) is 0 Å². The van der Waals surface area contributed by atoms with Gasteiger partial charge in [0.2, 0.25) is 0 Å². The molecule has 1 rings (SSSR count). The normalized spacial score (nSPS) is 32.5. The molecule has 1 fully saturated rings. The van der Waals surface area contributed by atoms with Crippen molar-refractivity contribution in [2.24, 2.45) is 11.8 Å². The van der Waals surface area contributed by atoms with Crippen molar-refractivity contribution in [2.45, 2.75) is 32.8 Å². The molecule has 4 nitrogen and oxygen atoms in total. The van der Waals surface area contributed by atoms with Crippen LogP contribution in [0.15, 0.2) is 0 Å². The van der Waals surface area contributed by atoms with Crippen molar-refractivity contribution in [3.05, 3.63) is 0 Å². The Bertz CT molecular complexity index is 242. The van der Waals surface area contributed by atoms with E-state index in [1.54, 1.807) is 0 Å². The predicted octanol–water partition coefficient (Wildman–Crippen LogP) is 0.800. The number of hydrogen-bond acceptors (Lipinski definition) is 3. The zero-order chi connectivity index (χ0) is 11.6. The van der Waals surface area contributed by atoms with Gasteiger partial charge in [-0.15, -0.1) is 0 Å². The van der Waals surface area contributed by atoms with Crippen LogP contribution in [0.4, 0.5) is 0 Å². The van der Waals surface area contributed by atoms with Crippen LogP contribution in [0, 0.1) is 11.8 Å². The molecular formula is C11H21NO3. The molecule has 0 aromatic rings. The molecule has 1 heterocycles. The van der Waals surface area contributed by atoms with E-state index < -0.39 is 11.6 Å². The lowest BCUT2D eigenvalue weighted by molar-refractivity contribution is -0.137. The van der Waals surface area contributed by atoms with Gasteiger partial charge in [-0.1, -0.05) is 20.8 Å². The average Bonchev–Trinajstić information content (AvgIpc) is 2.41. The number of carboxylic acid groups (broad SMARTS) is 1. The van der Waals surface area contributed by atoms with Gasteiger partial charge in [-0.3, -0.25) is 9.69 Å². The van der Waals surface area contributed by atoms with Gasteiger partial charge in [0.05, 0.1) is 12.0 Å². The summed E-state index contributed by atoms with van der Waals surface area (Å²) >= 11 is 0. The fourth-order valence-electron chi connectivity index (χ4n) is 2.30. The zero-order valence-electron chi connectivity index (χ0n) is 9.73. The number of aliphatic hydroxyl groups is 1. The maximum absolute atomic E-state index is 10.4. The minimum absolute atomic E-state index is 0.154. The molecule has 0 radical (unpaired) electrons. The van der Waals surface area contributed by atoms with Gasteiger partial charge in [0, 0.05) is 19.6 Å². The zero-order valence-corrected chi connectivity index (χ0v) is 9.73. The molecule has 4 heteroatoms. The van der Waals surface area contributed by atoms with Crippen LogP contribution in [0.5, 0.6) is 0 Å². The maximum atomic E-state index is 10.4. The van der Waals surface area contributed by atoms with E-state index in [4.69, 9.17) is 5.11 Å². The minimum atomic E-state index is -0.775. The first-order valence-electron chi connectivity index (χ1n) is 5.52. The second-order valence-corrected chi connectivity index (χ2v) is 4.93. The molecule has 2 N–H and O–H groups in total. The van der Waals surface area contributed by atoms with Crippen molar-refractivity contribution in [1.82, 2.24) is 4.90 Å². The van der Waals surface area contributed by atoms with Crippen molar-refractivity contribution >= 4 is 5.97 Å². The molecule has 1 aliphatic rings. The lowest BCUT2D eigenvalue weighted by Gasteiger charge is -2.31. The van der Waals surface area contributed by atoms with Crippen LogP contribution in [0.2, 0.25) is 0 Å². The summed E-state index contributed by atoms with van der Waals surface area (Å²) in [6.07, 6.45) is 0.154. The lowest BCUT2D eigenvalue weighted by atomic mass is 9.82. The Labute approximate surface area is 90.9 Å². The highest BCUT2D eigenvalue weighted by Crippen LogP contribution is 2.33. The number of nitrogens with zero attached hydrogens (tertiary/aromatic N) is 1. The van der Waals surface area contributed by atoms with Crippen LogP contribution >= 0.6 is 0 Å². The average molecular weight is 215 g/mol. The van der Waals surface area contributed by atoms with Crippen LogP contribution in [0.25, 0.3) is 0 Å². The first-order chi connectivity index (χ1) is 6.86. The number of carboxylic acids is 1. The molecule has 0 amide bonds. The van der Waals surface area contributed by atoms with Crippen molar-refractivity contribution in [3.63, 3.8) is 0 Å². The first-order valence-corrected chi connectivity index (χ1v) is 5.52. The molecule has 0 spiro atoms. The molecule has 1 aliphatic heterocycles. The van der Waals surface area contributed by atoms with E-state index in [1.165, 1.54) is 0 Å². The number of carbonyl (C=O) groups is 1. The van der Waals surface area contributed by atoms with Gasteiger partial charge in [-0.25, -0.2) is 0 Å². The predicted molar refractivity (Wildman–Crippen MR) is 57.6 cm³/mol. The third kappa shape index (κ3) is 2.69. The van der Waals surface area contributed by atoms with Crippen molar-refractivity contribution in [3.8, 4) is 0 Å². The second-order valence-electron chi connectivity index (χ2n) is 4.93. The summed E-state index contributed by atoms with van der Waals surface area (Å²) in [5.74, 6) is -0.351. The Morgan fingerprint density at radius 2 is 2.20 bits per heavy atom. The Morgan fingerprint density at radius 3 is 2.60 bits per heavy atom. The van der Waals surface area contributed by atoms with Gasteiger partial charge in [0.15, 0.2) is 0 Å². The van der Waals surface area contributed by atoms with Gasteiger partial charge in [-0.2, -0.15) is 0 Å². The Hall–Kier alpha value is -0.610. The fraction of sp³-hybridized carbons (Fsp3) is 0.909. The number of rotatable bonds is 4. The van der Waals surface area contributed by atoms with Gasteiger partial charge in [0.25, 0.3) is 0 Å². The molecule has 0 saturated carbocycles. The molecular weight excluding hydrogens is 194 g/mol. The summed E-state index contributed by atoms with van der Waals surface area (Å²) < 4.78 is 0. The molecule has 0 unspecified atom stereocenters. The third-order valence-corrected chi connectivity index (χ3v) is 3.50. The molecule has 0 aliphatic carbocycles. The molecule has 1 saturated heterocycles. The molecule has 88 valence electrons. The molecule has 2 atom stereocenters. The topological polar surface area (TPSA) is 60.8 Å². The molecule has 15 heavy (non-hydrogen) atoms. The first kappa shape index (κ1) is 12.5. The van der Waals surface area contributed by atoms with E-state index in [2.05, 4.69) is 0 Å². The fourth-order valence-corrected chi connectivity index (χ4v) is 2.30. The summed E-state index contributed by atoms with van der Waals surface area (Å²) in [6, 6.07) is 0. The van der Waals surface area contributed by atoms with Gasteiger partial charge < -0.3 is 10.2 Å². The molecule has 0 aromatic carbocycles. The van der Waals surface area contributed by atoms with E-state index >= 15 is 0 Å². The maximum Gasteiger partial charge on any atom is 0.304 e. The van der Waals surface area contributed by atoms with E-state index in [0.29, 0.717) is 13.1 Å². The number of hydrogen-bond donors (Lipinski definition) is 2. The van der Waals surface area contributed by atoms with Gasteiger partial charge in [0.1, 0.15) is 0 Å². The molecule has 0 aromatic heterocycles. The monoisotopic (exact) mass is 215 g/mol. The summed E-state index contributed by atoms with van der Waals surface area (Å²) in [7, 11) is 0. The number of β-amino-alcohol motifs (C(OH)–C–C–N with tert-alkyl or cyclic N) is 1. The van der Waals surface area contributed by atoms with E-state index in [-0.39, 0.29) is 18.3 Å². The van der Waals surface area contributed by atoms with E-state index in [9.17, 15) is 9.90 Å². The largest absolute Gasteiger partial charge is 0.481 e. The van der Waals surface area contributed by atoms with Gasteiger partial charge >= 0.3 is 5.97 Å². The smallest absolute Gasteiger partial charge is 0.304 e. The summed E-state index contributed by atoms with van der Waals surface area (Å²) in [5.41, 5.74) is -0.654. The Balaban J connectivity index is 2.52. The third-order valence-electron chi connectivity index (χ3n) is 3.50. The number of aliphatic carboxylic acids is 1. The summed E-state index contributed by atoms with van der Waals surface area (Å²) in [5, 5.41) is 19.0. The van der Waals surface area contributed by atoms with Crippen LogP contribution in [-0.4, -0.2) is 46.3 Å². The standard InChI is InChI=1S/C11H21NO3/c1-8(2)11(15)7-12(6-9(11)3)5-4-10(13)14/h8-9,15H,4-7H2,1-3H3,(H,13,14)/t9-,11-/m1/s1. The lowest BCUT2D eigenvalue weighted by Crippen LogP contribution is -2.42. The minimum Gasteiger partial charge on any atom is -0.481 e. The number of likely N-dealkylation sites (tertiary alicyclic amines) is 1. The van der Waals surface area contributed by atoms with E-state index in [0.717, 1.165) is 6.54 Å². The van der Waals surface area contributed by atoms with Gasteiger partial charge in [-0.05, 0) is 11.8 Å². The van der Waals surface area contributed by atoms with Crippen LogP contribution in [-0.2, 0) is 4.79 Å². The van der Waals surface area contributed by atoms with E-state index in [1.807, 2.05) is 25.7 Å². The summed E-state index contributed by atoms with van der Waals surface area (Å²) in [6.45, 7) is 7.98. The Morgan fingerprint density at radius 1 is 1.60 bits per heavy atom. The highest BCUT2D eigenvalue weighted by Gasteiger charge is 2.44. The summed E-state index contributed by atoms with van der Waals surface area (Å²) in [4.78, 5) is 12.5. The second kappa shape index (κ2) is 4.49. The van der Waals surface area contributed by atoms with Crippen LogP contribution in [0.1, 0.15) is 27.2 Å². The highest BCUT2D eigenvalue weighted by atomic mass is 16.4. The van der Waals surface area contributed by atoms with Crippen LogP contribution < -0.4 is 0 Å². The SMILES string of the molecule is CC(C)[C@]1(O)CN(CCC(=O)O)C[C@H]1C. The Kier molecular flexibility index (Phi) is 3.73. The van der Waals surface area contributed by atoms with Crippen molar-refractivity contribution in [2.75, 3.05) is 19.6 Å². The molecule has 0 bridgehead atoms. The van der Waals surface area contributed by atoms with Crippen molar-refractivity contribution in [1.29, 1.82) is 0 Å². The highest BCUT2D eigenvalue weighted by molar-refractivity contribution is 5.66. The van der Waals surface area contributed by atoms with Crippen molar-refractivity contribution < 1.29 is 15.0 Å². The quantitative estimate of drug-likeness (QED) is 0.728.